The molecule has 0 aliphatic rings. The normalized spacial score (nSPS) is 13.8. The Bertz CT molecular complexity index is 148. The predicted molar refractivity (Wildman–Crippen MR) is 39.5 cm³/mol. The molecular weight excluding hydrogens is 153 g/mol. The summed E-state index contributed by atoms with van der Waals surface area (Å²) < 4.78 is 0. The van der Waals surface area contributed by atoms with Gasteiger partial charge in [0.1, 0.15) is 0 Å². The number of hydrogen-bond acceptors (Lipinski definition) is 3. The van der Waals surface area contributed by atoms with Gasteiger partial charge in [-0.15, -0.1) is 0 Å². The van der Waals surface area contributed by atoms with Crippen LogP contribution in [0.4, 0.5) is 0 Å². The molecule has 0 bridgehead atoms. The number of rotatable bonds is 4. The van der Waals surface area contributed by atoms with Crippen molar-refractivity contribution >= 4 is 20.1 Å². The van der Waals surface area contributed by atoms with E-state index >= 15 is 0 Å². The maximum atomic E-state index is 10.7. The summed E-state index contributed by atoms with van der Waals surface area (Å²) in [7, 11) is 0.0842. The largest absolute Gasteiger partial charge is 0.481 e. The van der Waals surface area contributed by atoms with Crippen LogP contribution in [0.5, 0.6) is 0 Å². The van der Waals surface area contributed by atoms with E-state index in [9.17, 15) is 9.59 Å². The molecule has 0 aromatic carbocycles. The quantitative estimate of drug-likeness (QED) is 0.554. The maximum Gasteiger partial charge on any atom is 0.305 e. The minimum absolute atomic E-state index is 0.0842. The molecule has 0 rings (SSSR count). The average molecular weight is 163 g/mol. The van der Waals surface area contributed by atoms with E-state index in [0.717, 1.165) is 0 Å². The fourth-order valence-electron chi connectivity index (χ4n) is 0.466. The number of nitrogens with two attached hydrogens (primary N) is 1. The van der Waals surface area contributed by atoms with Crippen molar-refractivity contribution in [3.63, 3.8) is 0 Å². The van der Waals surface area contributed by atoms with Crippen LogP contribution in [0, 0.1) is 0 Å². The first-order valence-electron chi connectivity index (χ1n) is 2.77. The van der Waals surface area contributed by atoms with Crippen molar-refractivity contribution in [2.45, 2.75) is 12.5 Å². The van der Waals surface area contributed by atoms with Crippen molar-refractivity contribution in [2.75, 3.05) is 6.66 Å². The molecule has 3 N–H and O–H groups in total. The molecule has 0 amide bonds. The first-order valence-corrected chi connectivity index (χ1v) is 4.27. The number of carbonyl (C=O) groups is 2. The van der Waals surface area contributed by atoms with Crippen LogP contribution < -0.4 is 5.73 Å². The van der Waals surface area contributed by atoms with E-state index in [-0.39, 0.29) is 20.5 Å². The summed E-state index contributed by atoms with van der Waals surface area (Å²) in [5.41, 5.74) is 5.03. The van der Waals surface area contributed by atoms with Gasteiger partial charge in [0.05, 0.1) is 12.5 Å². The highest BCUT2D eigenvalue weighted by Crippen LogP contribution is 2.08. The van der Waals surface area contributed by atoms with Gasteiger partial charge in [0, 0.05) is 0 Å². The summed E-state index contributed by atoms with van der Waals surface area (Å²) >= 11 is 0. The van der Waals surface area contributed by atoms with Crippen molar-refractivity contribution in [1.82, 2.24) is 0 Å². The lowest BCUT2D eigenvalue weighted by Crippen LogP contribution is -2.30. The summed E-state index contributed by atoms with van der Waals surface area (Å²) in [5.74, 6) is -1.03. The van der Waals surface area contributed by atoms with Gasteiger partial charge in [0.2, 0.25) is 0 Å². The topological polar surface area (TPSA) is 80.4 Å². The van der Waals surface area contributed by atoms with E-state index in [1.807, 2.05) is 0 Å². The van der Waals surface area contributed by atoms with E-state index in [0.29, 0.717) is 0 Å². The zero-order valence-corrected chi connectivity index (χ0v) is 6.63. The van der Waals surface area contributed by atoms with Gasteiger partial charge >= 0.3 is 5.97 Å². The molecule has 0 aliphatic carbocycles. The molecule has 0 saturated heterocycles. The highest BCUT2D eigenvalue weighted by molar-refractivity contribution is 7.57. The van der Waals surface area contributed by atoms with E-state index in [2.05, 4.69) is 0 Å². The lowest BCUT2D eigenvalue weighted by Gasteiger charge is -2.03. The molecule has 0 spiro atoms. The smallest absolute Gasteiger partial charge is 0.305 e. The Morgan fingerprint density at radius 1 is 1.70 bits per heavy atom. The second kappa shape index (κ2) is 4.36. The number of carboxylic acid groups (broad SMARTS) is 1. The molecule has 0 aromatic rings. The SMILES string of the molecule is CPC(=O)[C@@H](N)CC(=O)O. The minimum Gasteiger partial charge on any atom is -0.481 e. The number of carbonyl (C=O) groups excluding carboxylic acids is 1. The number of aliphatic carboxylic acids is 1. The Kier molecular flexibility index (Phi) is 4.16. The first-order chi connectivity index (χ1) is 4.57. The van der Waals surface area contributed by atoms with Crippen molar-refractivity contribution < 1.29 is 14.7 Å². The monoisotopic (exact) mass is 163 g/mol. The van der Waals surface area contributed by atoms with E-state index in [4.69, 9.17) is 10.8 Å². The summed E-state index contributed by atoms with van der Waals surface area (Å²) in [4.78, 5) is 20.7. The van der Waals surface area contributed by atoms with Gasteiger partial charge in [-0.25, -0.2) is 0 Å². The van der Waals surface area contributed by atoms with Crippen molar-refractivity contribution in [2.24, 2.45) is 5.73 Å². The van der Waals surface area contributed by atoms with Gasteiger partial charge in [0.15, 0.2) is 5.52 Å². The Morgan fingerprint density at radius 2 is 2.20 bits per heavy atom. The third kappa shape index (κ3) is 3.54. The van der Waals surface area contributed by atoms with Crippen LogP contribution >= 0.6 is 8.58 Å². The van der Waals surface area contributed by atoms with Crippen LogP contribution in [-0.2, 0) is 9.59 Å². The number of carboxylic acids is 1. The van der Waals surface area contributed by atoms with E-state index in [1.165, 1.54) is 0 Å². The zero-order valence-electron chi connectivity index (χ0n) is 5.63. The molecule has 58 valence electrons. The lowest BCUT2D eigenvalue weighted by molar-refractivity contribution is -0.138. The first kappa shape index (κ1) is 9.53. The Hall–Kier alpha value is -0.470. The summed E-state index contributed by atoms with van der Waals surface area (Å²) in [6, 6.07) is -0.819. The molecule has 0 radical (unpaired) electrons. The van der Waals surface area contributed by atoms with Gasteiger partial charge in [-0.3, -0.25) is 9.59 Å². The fourth-order valence-corrected chi connectivity index (χ4v) is 0.939. The summed E-state index contributed by atoms with van der Waals surface area (Å²) in [6.07, 6.45) is -0.264. The number of hydrogen-bond donors (Lipinski definition) is 2. The molecule has 2 atom stereocenters. The Morgan fingerprint density at radius 3 is 2.50 bits per heavy atom. The summed E-state index contributed by atoms with van der Waals surface area (Å²) in [5, 5.41) is 8.20. The second-order valence-electron chi connectivity index (χ2n) is 1.82. The van der Waals surface area contributed by atoms with Crippen LogP contribution in [0.25, 0.3) is 0 Å². The molecule has 1 unspecified atom stereocenters. The highest BCUT2D eigenvalue weighted by Gasteiger charge is 2.14. The van der Waals surface area contributed by atoms with E-state index < -0.39 is 12.0 Å². The molecule has 0 aliphatic heterocycles. The van der Waals surface area contributed by atoms with Crippen LogP contribution in [0.1, 0.15) is 6.42 Å². The van der Waals surface area contributed by atoms with Gasteiger partial charge in [-0.2, -0.15) is 0 Å². The molecule has 0 heterocycles. The molecule has 4 nitrogen and oxygen atoms in total. The molecule has 0 aromatic heterocycles. The highest BCUT2D eigenvalue weighted by atomic mass is 31.1. The van der Waals surface area contributed by atoms with Gasteiger partial charge in [0.25, 0.3) is 0 Å². The van der Waals surface area contributed by atoms with Crippen LogP contribution in [-0.4, -0.2) is 29.3 Å². The Labute approximate surface area is 60.6 Å². The van der Waals surface area contributed by atoms with Crippen LogP contribution in [0.3, 0.4) is 0 Å². The van der Waals surface area contributed by atoms with Gasteiger partial charge in [-0.1, -0.05) is 8.58 Å². The molecule has 5 heteroatoms. The molecule has 0 fully saturated rings. The fraction of sp³-hybridized carbons (Fsp3) is 0.600. The van der Waals surface area contributed by atoms with Crippen LogP contribution in [0.2, 0.25) is 0 Å². The van der Waals surface area contributed by atoms with Crippen LogP contribution in [0.15, 0.2) is 0 Å². The second-order valence-corrected chi connectivity index (χ2v) is 2.81. The maximum absolute atomic E-state index is 10.7. The van der Waals surface area contributed by atoms with Gasteiger partial charge < -0.3 is 10.8 Å². The van der Waals surface area contributed by atoms with Crippen molar-refractivity contribution in [3.05, 3.63) is 0 Å². The molecule has 0 saturated carbocycles. The lowest BCUT2D eigenvalue weighted by atomic mass is 10.2. The van der Waals surface area contributed by atoms with Gasteiger partial charge in [-0.05, 0) is 6.66 Å². The van der Waals surface area contributed by atoms with Crippen molar-refractivity contribution in [3.8, 4) is 0 Å². The average Bonchev–Trinajstić information content (AvgIpc) is 1.85. The Balaban J connectivity index is 3.72. The third-order valence-electron chi connectivity index (χ3n) is 0.978. The summed E-state index contributed by atoms with van der Waals surface area (Å²) in [6.45, 7) is 1.68. The van der Waals surface area contributed by atoms with Crippen molar-refractivity contribution in [1.29, 1.82) is 0 Å². The predicted octanol–water partition coefficient (Wildman–Crippen LogP) is -0.377. The zero-order chi connectivity index (χ0) is 8.15. The molecule has 10 heavy (non-hydrogen) atoms. The van der Waals surface area contributed by atoms with E-state index in [1.54, 1.807) is 6.66 Å². The molecular formula is C5H10NO3P. The minimum atomic E-state index is -1.03. The third-order valence-corrected chi connectivity index (χ3v) is 1.84. The standard InChI is InChI=1S/C5H10NO3P/c1-10-5(9)3(6)2-4(7)8/h3,10H,2,6H2,1H3,(H,7,8)/t3-/m0/s1.